The third-order valence-electron chi connectivity index (χ3n) is 4.89. The number of rotatable bonds is 7. The predicted octanol–water partition coefficient (Wildman–Crippen LogP) is 4.85. The number of benzene rings is 2. The summed E-state index contributed by atoms with van der Waals surface area (Å²) < 4.78 is 27.6. The topological polar surface area (TPSA) is 65.3 Å². The summed E-state index contributed by atoms with van der Waals surface area (Å²) in [5.74, 6) is 3.79. The molecule has 0 amide bonds. The fraction of sp³-hybridized carbons (Fsp3) is 0.304. The molecule has 0 bridgehead atoms. The lowest BCUT2D eigenvalue weighted by Crippen LogP contribution is -2.04. The molecule has 0 saturated heterocycles. The van der Waals surface area contributed by atoms with Gasteiger partial charge in [-0.2, -0.15) is 0 Å². The Labute approximate surface area is 170 Å². The quantitative estimate of drug-likeness (QED) is 0.419. The minimum atomic E-state index is -0.0510. The van der Waals surface area contributed by atoms with Crippen LogP contribution in [0.2, 0.25) is 0 Å². The molecular weight excluding hydrogens is 372 g/mol. The van der Waals surface area contributed by atoms with Gasteiger partial charge in [0.15, 0.2) is 28.8 Å². The van der Waals surface area contributed by atoms with Crippen molar-refractivity contribution in [3.63, 3.8) is 0 Å². The van der Waals surface area contributed by atoms with Gasteiger partial charge in [0.05, 0.1) is 47.2 Å². The molecule has 0 spiro atoms. The number of carbonyl (C=O) groups is 1. The van der Waals surface area contributed by atoms with Gasteiger partial charge in [0.2, 0.25) is 0 Å². The van der Waals surface area contributed by atoms with Crippen molar-refractivity contribution in [2.45, 2.75) is 20.3 Å². The summed E-state index contributed by atoms with van der Waals surface area (Å²) in [6, 6.07) is 9.29. The number of ether oxygens (including phenoxy) is 4. The Kier molecular flexibility index (Phi) is 5.92. The van der Waals surface area contributed by atoms with Crippen LogP contribution < -0.4 is 18.9 Å². The Bertz CT molecular complexity index is 1070. The first kappa shape index (κ1) is 20.5. The molecule has 0 saturated carbocycles. The van der Waals surface area contributed by atoms with Crippen molar-refractivity contribution in [2.75, 3.05) is 28.4 Å². The van der Waals surface area contributed by atoms with Crippen LogP contribution in [0.4, 0.5) is 0 Å². The second-order valence-corrected chi connectivity index (χ2v) is 6.66. The van der Waals surface area contributed by atoms with Crippen LogP contribution in [0.25, 0.3) is 10.8 Å². The van der Waals surface area contributed by atoms with Crippen LogP contribution in [0, 0.1) is 6.92 Å². The van der Waals surface area contributed by atoms with Gasteiger partial charge in [-0.3, -0.25) is 4.79 Å². The molecule has 0 aliphatic heterocycles. The number of aryl methyl sites for hydroxylation is 1. The van der Waals surface area contributed by atoms with E-state index in [1.165, 1.54) is 6.92 Å². The van der Waals surface area contributed by atoms with E-state index in [9.17, 15) is 4.79 Å². The molecule has 29 heavy (non-hydrogen) atoms. The number of Topliss-reactive ketones (excluding diaryl/α,β-unsaturated/α-hetero) is 1. The third-order valence-corrected chi connectivity index (χ3v) is 4.89. The Morgan fingerprint density at radius 2 is 1.38 bits per heavy atom. The van der Waals surface area contributed by atoms with Crippen molar-refractivity contribution in [1.82, 2.24) is 0 Å². The molecule has 3 aromatic rings. The molecule has 1 heterocycles. The van der Waals surface area contributed by atoms with E-state index in [1.54, 1.807) is 34.5 Å². The van der Waals surface area contributed by atoms with Gasteiger partial charge in [-0.15, -0.1) is 0 Å². The molecule has 6 heteroatoms. The first-order valence-electron chi connectivity index (χ1n) is 9.16. The number of fused-ring (bicyclic) bond motifs is 1. The van der Waals surface area contributed by atoms with Crippen LogP contribution >= 0.6 is 0 Å². The lowest BCUT2D eigenvalue weighted by atomic mass is 9.98. The second kappa shape index (κ2) is 8.39. The highest BCUT2D eigenvalue weighted by molar-refractivity contribution is 5.96. The average Bonchev–Trinajstić information content (AvgIpc) is 2.72. The van der Waals surface area contributed by atoms with Crippen LogP contribution in [0.5, 0.6) is 23.0 Å². The molecule has 0 radical (unpaired) electrons. The van der Waals surface area contributed by atoms with Crippen molar-refractivity contribution in [2.24, 2.45) is 0 Å². The Balaban J connectivity index is 2.11. The highest BCUT2D eigenvalue weighted by atomic mass is 16.5. The maximum Gasteiger partial charge on any atom is 0.334 e. The molecule has 0 unspecified atom stereocenters. The fourth-order valence-corrected chi connectivity index (χ4v) is 3.44. The van der Waals surface area contributed by atoms with Gasteiger partial charge in [-0.1, -0.05) is 0 Å². The zero-order valence-corrected chi connectivity index (χ0v) is 17.5. The third kappa shape index (κ3) is 3.97. The van der Waals surface area contributed by atoms with Crippen molar-refractivity contribution in [3.8, 4) is 23.0 Å². The molecule has 6 nitrogen and oxygen atoms in total. The maximum absolute atomic E-state index is 12.2. The Morgan fingerprint density at radius 1 is 0.828 bits per heavy atom. The normalized spacial score (nSPS) is 10.7. The van der Waals surface area contributed by atoms with E-state index in [2.05, 4.69) is 0 Å². The molecule has 1 aromatic heterocycles. The average molecular weight is 397 g/mol. The number of hydrogen-bond donors (Lipinski definition) is 0. The lowest BCUT2D eigenvalue weighted by molar-refractivity contribution is 0.101. The molecule has 0 aliphatic carbocycles. The van der Waals surface area contributed by atoms with Gasteiger partial charge >= 0.3 is 11.5 Å². The lowest BCUT2D eigenvalue weighted by Gasteiger charge is -2.12. The van der Waals surface area contributed by atoms with Crippen molar-refractivity contribution in [3.05, 3.63) is 53.0 Å². The van der Waals surface area contributed by atoms with E-state index < -0.39 is 0 Å². The predicted molar refractivity (Wildman–Crippen MR) is 111 cm³/mol. The molecule has 0 fully saturated rings. The zero-order valence-electron chi connectivity index (χ0n) is 17.5. The minimum absolute atomic E-state index is 0.0510. The molecular formula is C23H25O6+. The van der Waals surface area contributed by atoms with Crippen LogP contribution in [0.15, 0.2) is 34.7 Å². The summed E-state index contributed by atoms with van der Waals surface area (Å²) in [5, 5.41) is 1.90. The summed E-state index contributed by atoms with van der Waals surface area (Å²) in [6.07, 6.45) is 0.431. The molecule has 0 aliphatic rings. The smallest absolute Gasteiger partial charge is 0.334 e. The summed E-state index contributed by atoms with van der Waals surface area (Å²) in [6.45, 7) is 3.43. The van der Waals surface area contributed by atoms with Crippen molar-refractivity contribution < 1.29 is 28.2 Å². The van der Waals surface area contributed by atoms with E-state index in [0.29, 0.717) is 35.0 Å². The molecule has 152 valence electrons. The highest BCUT2D eigenvalue weighted by Gasteiger charge is 2.22. The zero-order chi connectivity index (χ0) is 21.1. The minimum Gasteiger partial charge on any atom is -0.493 e. The van der Waals surface area contributed by atoms with E-state index in [4.69, 9.17) is 23.4 Å². The standard InChI is InChI=1S/C23H25O6/c1-13(24)18-11-22(27-5)20(25-3)9-15(18)7-17-8-16-10-21(26-4)23(28-6)12-19(16)14(2)29-17/h8-12H,7H2,1-6H3/q+1. The first-order valence-corrected chi connectivity index (χ1v) is 9.16. The summed E-state index contributed by atoms with van der Waals surface area (Å²) in [4.78, 5) is 12.2. The monoisotopic (exact) mass is 397 g/mol. The molecule has 0 N–H and O–H groups in total. The van der Waals surface area contributed by atoms with Crippen LogP contribution in [-0.2, 0) is 6.42 Å². The van der Waals surface area contributed by atoms with Gasteiger partial charge in [-0.25, -0.2) is 4.42 Å². The SMILES string of the molecule is COc1cc(Cc2cc3cc(OC)c(OC)cc3c(C)[o+]2)c(C(C)=O)cc1OC. The number of methoxy groups -OCH3 is 4. The van der Waals surface area contributed by atoms with Gasteiger partial charge in [0.25, 0.3) is 0 Å². The number of carbonyl (C=O) groups excluding carboxylic acids is 1. The van der Waals surface area contributed by atoms with Crippen LogP contribution in [0.3, 0.4) is 0 Å². The summed E-state index contributed by atoms with van der Waals surface area (Å²) in [5.41, 5.74) is 1.38. The molecule has 3 rings (SSSR count). The van der Waals surface area contributed by atoms with E-state index in [0.717, 1.165) is 27.9 Å². The molecule has 2 aromatic carbocycles. The van der Waals surface area contributed by atoms with Crippen molar-refractivity contribution >= 4 is 16.6 Å². The maximum atomic E-state index is 12.2. The van der Waals surface area contributed by atoms with E-state index >= 15 is 0 Å². The Hall–Kier alpha value is -3.28. The van der Waals surface area contributed by atoms with Gasteiger partial charge in [-0.05, 0) is 30.7 Å². The number of hydrogen-bond acceptors (Lipinski definition) is 5. The van der Waals surface area contributed by atoms with Gasteiger partial charge in [0, 0.05) is 23.1 Å². The van der Waals surface area contributed by atoms with Gasteiger partial charge in [0.1, 0.15) is 0 Å². The van der Waals surface area contributed by atoms with Crippen LogP contribution in [-0.4, -0.2) is 34.2 Å². The van der Waals surface area contributed by atoms with Crippen molar-refractivity contribution in [1.29, 1.82) is 0 Å². The fourth-order valence-electron chi connectivity index (χ4n) is 3.44. The van der Waals surface area contributed by atoms with E-state index in [-0.39, 0.29) is 5.78 Å². The summed E-state index contributed by atoms with van der Waals surface area (Å²) >= 11 is 0. The second-order valence-electron chi connectivity index (χ2n) is 6.66. The summed E-state index contributed by atoms with van der Waals surface area (Å²) in [7, 11) is 6.32. The highest BCUT2D eigenvalue weighted by Crippen LogP contribution is 2.36. The van der Waals surface area contributed by atoms with Gasteiger partial charge < -0.3 is 18.9 Å². The van der Waals surface area contributed by atoms with Crippen LogP contribution in [0.1, 0.15) is 34.4 Å². The largest absolute Gasteiger partial charge is 0.493 e. The Morgan fingerprint density at radius 3 is 1.97 bits per heavy atom. The number of ketones is 1. The van der Waals surface area contributed by atoms with E-state index in [1.807, 2.05) is 31.2 Å². The first-order chi connectivity index (χ1) is 13.9. The molecule has 0 atom stereocenters.